The van der Waals surface area contributed by atoms with Crippen LogP contribution in [0.5, 0.6) is 11.5 Å². The summed E-state index contributed by atoms with van der Waals surface area (Å²) < 4.78 is 11.6. The molecule has 0 unspecified atom stereocenters. The fourth-order valence-corrected chi connectivity index (χ4v) is 4.59. The van der Waals surface area contributed by atoms with Crippen LogP contribution in [0.3, 0.4) is 0 Å². The number of hydrazone groups is 1. The van der Waals surface area contributed by atoms with E-state index in [0.717, 1.165) is 21.5 Å². The van der Waals surface area contributed by atoms with Gasteiger partial charge in [-0.2, -0.15) is 5.10 Å². The van der Waals surface area contributed by atoms with Crippen molar-refractivity contribution in [3.05, 3.63) is 118 Å². The lowest BCUT2D eigenvalue weighted by Crippen LogP contribution is -2.33. The maximum Gasteiger partial charge on any atom is 0.345 e. The molecule has 0 fully saturated rings. The molecule has 5 rings (SSSR count). The monoisotopic (exact) mass is 556 g/mol. The molecule has 8 heteroatoms. The van der Waals surface area contributed by atoms with Crippen molar-refractivity contribution < 1.29 is 19.1 Å². The van der Waals surface area contributed by atoms with Gasteiger partial charge in [0.25, 0.3) is 5.91 Å². The normalized spacial score (nSPS) is 12.0. The minimum Gasteiger partial charge on any atom is -0.480 e. The smallest absolute Gasteiger partial charge is 0.345 e. The molecule has 1 amide bonds. The molecule has 5 aromatic carbocycles. The predicted molar refractivity (Wildman–Crippen MR) is 155 cm³/mol. The number of halogens is 2. The Bertz CT molecular complexity index is 1730. The molecule has 0 aliphatic heterocycles. The van der Waals surface area contributed by atoms with Gasteiger partial charge in [-0.3, -0.25) is 4.79 Å². The van der Waals surface area contributed by atoms with E-state index in [1.54, 1.807) is 19.1 Å². The fourth-order valence-electron chi connectivity index (χ4n) is 4.10. The number of rotatable bonds is 7. The van der Waals surface area contributed by atoms with Crippen molar-refractivity contribution in [1.29, 1.82) is 0 Å². The van der Waals surface area contributed by atoms with Crippen molar-refractivity contribution >= 4 is 62.8 Å². The zero-order chi connectivity index (χ0) is 27.4. The highest BCUT2D eigenvalue weighted by Crippen LogP contribution is 2.29. The number of carbonyl (C=O) groups excluding carboxylic acids is 2. The number of hydrogen-bond acceptors (Lipinski definition) is 5. The molecule has 0 heterocycles. The summed E-state index contributed by atoms with van der Waals surface area (Å²) in [5.41, 5.74) is 3.20. The Morgan fingerprint density at radius 2 is 1.51 bits per heavy atom. The summed E-state index contributed by atoms with van der Waals surface area (Å²) in [6, 6.07) is 29.0. The highest BCUT2D eigenvalue weighted by atomic mass is 35.5. The first-order valence-electron chi connectivity index (χ1n) is 12.1. The van der Waals surface area contributed by atoms with E-state index in [9.17, 15) is 9.59 Å². The zero-order valence-corrected chi connectivity index (χ0v) is 22.2. The third kappa shape index (κ3) is 5.87. The van der Waals surface area contributed by atoms with Gasteiger partial charge in [0.1, 0.15) is 11.5 Å². The summed E-state index contributed by atoms with van der Waals surface area (Å²) in [7, 11) is 0. The number of esters is 1. The second-order valence-electron chi connectivity index (χ2n) is 8.68. The molecule has 5 aromatic rings. The molecule has 194 valence electrons. The molecule has 0 aromatic heterocycles. The summed E-state index contributed by atoms with van der Waals surface area (Å²) in [5, 5.41) is 8.34. The second kappa shape index (κ2) is 11.6. The molecule has 39 heavy (non-hydrogen) atoms. The van der Waals surface area contributed by atoms with Gasteiger partial charge in [-0.15, -0.1) is 0 Å². The third-order valence-corrected chi connectivity index (χ3v) is 6.62. The lowest BCUT2D eigenvalue weighted by molar-refractivity contribution is -0.127. The van der Waals surface area contributed by atoms with Crippen LogP contribution in [0.15, 0.2) is 102 Å². The number of ether oxygens (including phenoxy) is 2. The summed E-state index contributed by atoms with van der Waals surface area (Å²) in [4.78, 5) is 25.7. The van der Waals surface area contributed by atoms with Gasteiger partial charge in [0.15, 0.2) is 6.10 Å². The van der Waals surface area contributed by atoms with Gasteiger partial charge in [-0.1, -0.05) is 89.9 Å². The Balaban J connectivity index is 1.36. The maximum absolute atomic E-state index is 12.9. The average molecular weight is 557 g/mol. The molecule has 0 radical (unpaired) electrons. The van der Waals surface area contributed by atoms with Crippen LogP contribution in [0.4, 0.5) is 0 Å². The van der Waals surface area contributed by atoms with Gasteiger partial charge < -0.3 is 9.47 Å². The van der Waals surface area contributed by atoms with Crippen molar-refractivity contribution in [3.63, 3.8) is 0 Å². The zero-order valence-electron chi connectivity index (χ0n) is 20.7. The molecule has 0 spiro atoms. The highest BCUT2D eigenvalue weighted by molar-refractivity contribution is 6.36. The molecule has 1 N–H and O–H groups in total. The topological polar surface area (TPSA) is 77.0 Å². The Kier molecular flexibility index (Phi) is 7.77. The Morgan fingerprint density at radius 1 is 0.821 bits per heavy atom. The van der Waals surface area contributed by atoms with E-state index < -0.39 is 18.0 Å². The van der Waals surface area contributed by atoms with E-state index in [-0.39, 0.29) is 16.3 Å². The van der Waals surface area contributed by atoms with Crippen LogP contribution in [0.25, 0.3) is 21.5 Å². The summed E-state index contributed by atoms with van der Waals surface area (Å²) in [6.45, 7) is 1.65. The van der Waals surface area contributed by atoms with E-state index in [1.165, 1.54) is 18.3 Å². The van der Waals surface area contributed by atoms with Crippen molar-refractivity contribution in [3.8, 4) is 11.5 Å². The molecular weight excluding hydrogens is 535 g/mol. The number of nitrogens with zero attached hydrogens (tertiary/aromatic N) is 1. The van der Waals surface area contributed by atoms with E-state index in [1.807, 2.05) is 72.8 Å². The molecule has 0 aliphatic carbocycles. The Hall–Kier alpha value is -4.39. The molecular formula is C31H22Cl2N2O4. The van der Waals surface area contributed by atoms with Crippen LogP contribution in [-0.2, 0) is 4.79 Å². The number of nitrogens with one attached hydrogen (secondary N) is 1. The molecule has 0 saturated carbocycles. The number of amides is 1. The van der Waals surface area contributed by atoms with Crippen molar-refractivity contribution in [2.75, 3.05) is 0 Å². The van der Waals surface area contributed by atoms with Crippen LogP contribution in [0.1, 0.15) is 22.8 Å². The van der Waals surface area contributed by atoms with Gasteiger partial charge in [-0.05, 0) is 53.4 Å². The van der Waals surface area contributed by atoms with Crippen LogP contribution in [0, 0.1) is 0 Å². The minimum atomic E-state index is -0.815. The standard InChI is InChI=1S/C31H22Cl2N2O4/c1-19(38-28-12-6-9-20-7-3-5-11-24(20)28)30(36)35-34-18-26-23-10-4-2-8-21(23)13-16-29(26)39-31(37)25-15-14-22(32)17-27(25)33/h2-19H,1H3,(H,35,36)/b34-18-/t19-/m0/s1. The fraction of sp³-hybridized carbons (Fsp3) is 0.0645. The molecule has 0 saturated heterocycles. The molecule has 6 nitrogen and oxygen atoms in total. The van der Waals surface area contributed by atoms with Crippen molar-refractivity contribution in [1.82, 2.24) is 5.43 Å². The first-order chi connectivity index (χ1) is 18.9. The van der Waals surface area contributed by atoms with Gasteiger partial charge >= 0.3 is 5.97 Å². The van der Waals surface area contributed by atoms with E-state index >= 15 is 0 Å². The molecule has 0 bridgehead atoms. The highest BCUT2D eigenvalue weighted by Gasteiger charge is 2.18. The van der Waals surface area contributed by atoms with Gasteiger partial charge in [0.2, 0.25) is 0 Å². The van der Waals surface area contributed by atoms with Crippen LogP contribution in [-0.4, -0.2) is 24.2 Å². The number of hydrogen-bond donors (Lipinski definition) is 1. The van der Waals surface area contributed by atoms with Gasteiger partial charge in [-0.25, -0.2) is 10.2 Å². The minimum absolute atomic E-state index is 0.171. The summed E-state index contributed by atoms with van der Waals surface area (Å²) >= 11 is 12.1. The summed E-state index contributed by atoms with van der Waals surface area (Å²) in [6.07, 6.45) is 0.626. The first-order valence-corrected chi connectivity index (χ1v) is 12.8. The van der Waals surface area contributed by atoms with Crippen LogP contribution < -0.4 is 14.9 Å². The number of fused-ring (bicyclic) bond motifs is 2. The third-order valence-electron chi connectivity index (χ3n) is 6.08. The van der Waals surface area contributed by atoms with Crippen molar-refractivity contribution in [2.24, 2.45) is 5.10 Å². The quantitative estimate of drug-likeness (QED) is 0.0977. The first kappa shape index (κ1) is 26.2. The van der Waals surface area contributed by atoms with Crippen LogP contribution in [0.2, 0.25) is 10.0 Å². The summed E-state index contributed by atoms with van der Waals surface area (Å²) in [5.74, 6) is -0.236. The van der Waals surface area contributed by atoms with Gasteiger partial charge in [0.05, 0.1) is 16.8 Å². The van der Waals surface area contributed by atoms with E-state index in [4.69, 9.17) is 32.7 Å². The predicted octanol–water partition coefficient (Wildman–Crippen LogP) is 7.44. The van der Waals surface area contributed by atoms with Crippen molar-refractivity contribution in [2.45, 2.75) is 13.0 Å². The van der Waals surface area contributed by atoms with Crippen LogP contribution >= 0.6 is 23.2 Å². The number of carbonyl (C=O) groups is 2. The largest absolute Gasteiger partial charge is 0.480 e. The second-order valence-corrected chi connectivity index (χ2v) is 9.53. The van der Waals surface area contributed by atoms with E-state index in [2.05, 4.69) is 10.5 Å². The molecule has 0 aliphatic rings. The Morgan fingerprint density at radius 3 is 2.28 bits per heavy atom. The maximum atomic E-state index is 12.9. The molecule has 1 atom stereocenters. The Labute approximate surface area is 234 Å². The SMILES string of the molecule is C[C@H](Oc1cccc2ccccc12)C(=O)N/N=C\c1c(OC(=O)c2ccc(Cl)cc2Cl)ccc2ccccc12. The average Bonchev–Trinajstić information content (AvgIpc) is 2.94. The number of benzene rings is 5. The van der Waals surface area contributed by atoms with E-state index in [0.29, 0.717) is 16.3 Å². The van der Waals surface area contributed by atoms with Gasteiger partial charge in [0, 0.05) is 16.0 Å². The lowest BCUT2D eigenvalue weighted by atomic mass is 10.0. The lowest BCUT2D eigenvalue weighted by Gasteiger charge is -2.15.